The normalized spacial score (nSPS) is 31.3. The molecule has 0 radical (unpaired) electrons. The molecule has 82 valence electrons. The molecular formula is C13H20N2. The SMILES string of the molecule is Cc1cnn2c1C(C)(C(C)C)CC21CC1. The van der Waals surface area contributed by atoms with Crippen LogP contribution >= 0.6 is 0 Å². The number of aryl methyl sites for hydroxylation is 1. The molecule has 0 amide bonds. The second-order valence-electron chi connectivity index (χ2n) is 6.06. The van der Waals surface area contributed by atoms with Crippen molar-refractivity contribution in [2.45, 2.75) is 57.9 Å². The van der Waals surface area contributed by atoms with Gasteiger partial charge in [0.05, 0.1) is 11.7 Å². The van der Waals surface area contributed by atoms with Crippen molar-refractivity contribution in [1.82, 2.24) is 9.78 Å². The lowest BCUT2D eigenvalue weighted by molar-refractivity contribution is 0.305. The fourth-order valence-electron chi connectivity index (χ4n) is 3.33. The smallest absolute Gasteiger partial charge is 0.0642 e. The maximum Gasteiger partial charge on any atom is 0.0642 e. The Hall–Kier alpha value is -0.790. The molecule has 1 aromatic rings. The molecule has 0 aromatic carbocycles. The van der Waals surface area contributed by atoms with Gasteiger partial charge in [-0.05, 0) is 37.7 Å². The molecule has 2 heteroatoms. The topological polar surface area (TPSA) is 17.8 Å². The van der Waals surface area contributed by atoms with Gasteiger partial charge >= 0.3 is 0 Å². The van der Waals surface area contributed by atoms with E-state index in [0.717, 1.165) is 0 Å². The van der Waals surface area contributed by atoms with E-state index in [2.05, 4.69) is 43.7 Å². The standard InChI is InChI=1S/C13H20N2/c1-9(2)12(4)8-13(5-6-13)15-11(12)10(3)7-14-15/h7,9H,5-6,8H2,1-4H3. The van der Waals surface area contributed by atoms with E-state index in [4.69, 9.17) is 0 Å². The molecule has 1 saturated carbocycles. The van der Waals surface area contributed by atoms with Gasteiger partial charge in [0.1, 0.15) is 0 Å². The summed E-state index contributed by atoms with van der Waals surface area (Å²) in [5, 5.41) is 4.61. The number of nitrogens with zero attached hydrogens (tertiary/aromatic N) is 2. The van der Waals surface area contributed by atoms with E-state index in [1.54, 1.807) is 0 Å². The van der Waals surface area contributed by atoms with Crippen LogP contribution in [0.1, 0.15) is 51.3 Å². The highest BCUT2D eigenvalue weighted by molar-refractivity contribution is 5.34. The van der Waals surface area contributed by atoms with Gasteiger partial charge in [0.15, 0.2) is 0 Å². The summed E-state index contributed by atoms with van der Waals surface area (Å²) in [5.74, 6) is 0.701. The number of hydrogen-bond donors (Lipinski definition) is 0. The summed E-state index contributed by atoms with van der Waals surface area (Å²) >= 11 is 0. The van der Waals surface area contributed by atoms with Crippen LogP contribution in [0, 0.1) is 12.8 Å². The third-order valence-electron chi connectivity index (χ3n) is 4.74. The Kier molecular flexibility index (Phi) is 1.56. The molecule has 1 aliphatic carbocycles. The molecule has 0 N–H and O–H groups in total. The van der Waals surface area contributed by atoms with Crippen LogP contribution in [-0.2, 0) is 11.0 Å². The molecule has 2 heterocycles. The predicted octanol–water partition coefficient (Wildman–Crippen LogP) is 3.00. The molecule has 1 spiro atoms. The van der Waals surface area contributed by atoms with Crippen LogP contribution in [0.3, 0.4) is 0 Å². The maximum absolute atomic E-state index is 4.61. The van der Waals surface area contributed by atoms with E-state index >= 15 is 0 Å². The molecule has 1 unspecified atom stereocenters. The third kappa shape index (κ3) is 0.977. The molecule has 0 bridgehead atoms. The van der Waals surface area contributed by atoms with Crippen LogP contribution in [0.2, 0.25) is 0 Å². The molecular weight excluding hydrogens is 184 g/mol. The van der Waals surface area contributed by atoms with Crippen LogP contribution in [0.15, 0.2) is 6.20 Å². The number of hydrogen-bond acceptors (Lipinski definition) is 1. The summed E-state index contributed by atoms with van der Waals surface area (Å²) in [6.07, 6.45) is 6.03. The van der Waals surface area contributed by atoms with Gasteiger partial charge in [0.2, 0.25) is 0 Å². The Bertz CT molecular complexity index is 412. The zero-order valence-corrected chi connectivity index (χ0v) is 10.2. The minimum atomic E-state index is 0.344. The lowest BCUT2D eigenvalue weighted by atomic mass is 9.73. The number of rotatable bonds is 1. The third-order valence-corrected chi connectivity index (χ3v) is 4.74. The summed E-state index contributed by atoms with van der Waals surface area (Å²) < 4.78 is 2.35. The van der Waals surface area contributed by atoms with E-state index in [-0.39, 0.29) is 0 Å². The second kappa shape index (κ2) is 2.47. The fraction of sp³-hybridized carbons (Fsp3) is 0.769. The Labute approximate surface area is 91.7 Å². The Balaban J connectivity index is 2.20. The minimum Gasteiger partial charge on any atom is -0.263 e. The molecule has 15 heavy (non-hydrogen) atoms. The molecule has 1 aliphatic heterocycles. The van der Waals surface area contributed by atoms with E-state index in [0.29, 0.717) is 16.9 Å². The molecule has 2 aliphatic rings. The van der Waals surface area contributed by atoms with E-state index in [9.17, 15) is 0 Å². The first-order valence-electron chi connectivity index (χ1n) is 6.05. The Morgan fingerprint density at radius 2 is 2.07 bits per heavy atom. The van der Waals surface area contributed by atoms with Crippen LogP contribution in [0.25, 0.3) is 0 Å². The van der Waals surface area contributed by atoms with Gasteiger partial charge in [-0.1, -0.05) is 20.8 Å². The minimum absolute atomic E-state index is 0.344. The first kappa shape index (κ1) is 9.44. The highest BCUT2D eigenvalue weighted by Crippen LogP contribution is 2.60. The van der Waals surface area contributed by atoms with Gasteiger partial charge in [-0.25, -0.2) is 0 Å². The fourth-order valence-corrected chi connectivity index (χ4v) is 3.33. The maximum atomic E-state index is 4.61. The van der Waals surface area contributed by atoms with Gasteiger partial charge in [-0.15, -0.1) is 0 Å². The first-order chi connectivity index (χ1) is 7.00. The lowest BCUT2D eigenvalue weighted by Gasteiger charge is -2.29. The zero-order chi connectivity index (χ0) is 10.8. The van der Waals surface area contributed by atoms with Crippen LogP contribution in [-0.4, -0.2) is 9.78 Å². The van der Waals surface area contributed by atoms with Crippen molar-refractivity contribution in [3.8, 4) is 0 Å². The highest BCUT2D eigenvalue weighted by Gasteiger charge is 2.58. The largest absolute Gasteiger partial charge is 0.263 e. The van der Waals surface area contributed by atoms with Crippen LogP contribution in [0.4, 0.5) is 0 Å². The summed E-state index contributed by atoms with van der Waals surface area (Å²) in [7, 11) is 0. The molecule has 1 aromatic heterocycles. The summed E-state index contributed by atoms with van der Waals surface area (Å²) in [6.45, 7) is 9.32. The number of aromatic nitrogens is 2. The van der Waals surface area contributed by atoms with Crippen molar-refractivity contribution in [1.29, 1.82) is 0 Å². The molecule has 1 fully saturated rings. The van der Waals surface area contributed by atoms with Crippen molar-refractivity contribution in [2.24, 2.45) is 5.92 Å². The molecule has 3 rings (SSSR count). The van der Waals surface area contributed by atoms with Gasteiger partial charge < -0.3 is 0 Å². The van der Waals surface area contributed by atoms with Gasteiger partial charge in [-0.2, -0.15) is 5.10 Å². The Morgan fingerprint density at radius 1 is 1.40 bits per heavy atom. The van der Waals surface area contributed by atoms with Crippen molar-refractivity contribution in [2.75, 3.05) is 0 Å². The monoisotopic (exact) mass is 204 g/mol. The van der Waals surface area contributed by atoms with Gasteiger partial charge in [0.25, 0.3) is 0 Å². The van der Waals surface area contributed by atoms with Gasteiger partial charge in [-0.3, -0.25) is 4.68 Å². The molecule has 1 atom stereocenters. The van der Waals surface area contributed by atoms with Crippen molar-refractivity contribution < 1.29 is 0 Å². The Morgan fingerprint density at radius 3 is 2.60 bits per heavy atom. The summed E-state index contributed by atoms with van der Waals surface area (Å²) in [5.41, 5.74) is 3.66. The van der Waals surface area contributed by atoms with Crippen LogP contribution < -0.4 is 0 Å². The number of fused-ring (bicyclic) bond motifs is 2. The van der Waals surface area contributed by atoms with E-state index in [1.807, 2.05) is 0 Å². The average Bonchev–Trinajstić information content (AvgIpc) is 2.71. The lowest BCUT2D eigenvalue weighted by Crippen LogP contribution is -2.27. The predicted molar refractivity (Wildman–Crippen MR) is 61.0 cm³/mol. The van der Waals surface area contributed by atoms with E-state index < -0.39 is 0 Å². The van der Waals surface area contributed by atoms with Crippen molar-refractivity contribution >= 4 is 0 Å². The van der Waals surface area contributed by atoms with Crippen LogP contribution in [0.5, 0.6) is 0 Å². The average molecular weight is 204 g/mol. The molecule has 0 saturated heterocycles. The zero-order valence-electron chi connectivity index (χ0n) is 10.2. The highest BCUT2D eigenvalue weighted by atomic mass is 15.4. The first-order valence-corrected chi connectivity index (χ1v) is 6.05. The van der Waals surface area contributed by atoms with Gasteiger partial charge in [0, 0.05) is 11.1 Å². The summed E-state index contributed by atoms with van der Waals surface area (Å²) in [4.78, 5) is 0. The van der Waals surface area contributed by atoms with Crippen molar-refractivity contribution in [3.05, 3.63) is 17.5 Å². The second-order valence-corrected chi connectivity index (χ2v) is 6.06. The van der Waals surface area contributed by atoms with Crippen molar-refractivity contribution in [3.63, 3.8) is 0 Å². The van der Waals surface area contributed by atoms with E-state index in [1.165, 1.54) is 30.5 Å². The quantitative estimate of drug-likeness (QED) is 0.687. The molecule has 2 nitrogen and oxygen atoms in total. The summed E-state index contributed by atoms with van der Waals surface area (Å²) in [6, 6.07) is 0.